The number of carbonyl (C=O) groups is 1. The Bertz CT molecular complexity index is 750. The van der Waals surface area contributed by atoms with Gasteiger partial charge in [0.1, 0.15) is 5.69 Å². The van der Waals surface area contributed by atoms with Crippen LogP contribution in [0.15, 0.2) is 53.1 Å². The van der Waals surface area contributed by atoms with E-state index in [4.69, 9.17) is 16.0 Å². The highest BCUT2D eigenvalue weighted by atomic mass is 35.5. The molecular weight excluding hydrogens is 290 g/mol. The molecule has 0 unspecified atom stereocenters. The van der Waals surface area contributed by atoms with Crippen molar-refractivity contribution < 1.29 is 9.21 Å². The number of aromatic nitrogens is 2. The Hall–Kier alpha value is -2.53. The molecule has 0 saturated carbocycles. The molecule has 0 fully saturated rings. The number of hydrogen-bond donors (Lipinski definition) is 2. The average molecular weight is 302 g/mol. The van der Waals surface area contributed by atoms with Gasteiger partial charge in [0, 0.05) is 17.6 Å². The minimum Gasteiger partial charge on any atom is -0.463 e. The van der Waals surface area contributed by atoms with Crippen molar-refractivity contribution in [3.05, 3.63) is 65.0 Å². The van der Waals surface area contributed by atoms with Crippen LogP contribution in [0.2, 0.25) is 5.02 Å². The molecular formula is C15H12ClN3O2. The average Bonchev–Trinajstić information content (AvgIpc) is 3.16. The van der Waals surface area contributed by atoms with Crippen LogP contribution in [0.4, 0.5) is 0 Å². The number of furan rings is 1. The van der Waals surface area contributed by atoms with Gasteiger partial charge < -0.3 is 9.73 Å². The molecule has 0 saturated heterocycles. The van der Waals surface area contributed by atoms with Crippen molar-refractivity contribution in [2.75, 3.05) is 0 Å². The van der Waals surface area contributed by atoms with Gasteiger partial charge in [-0.2, -0.15) is 5.10 Å². The highest BCUT2D eigenvalue weighted by molar-refractivity contribution is 6.31. The van der Waals surface area contributed by atoms with E-state index in [0.717, 1.165) is 5.56 Å². The van der Waals surface area contributed by atoms with Crippen molar-refractivity contribution in [3.63, 3.8) is 0 Å². The van der Waals surface area contributed by atoms with Gasteiger partial charge in [-0.3, -0.25) is 9.89 Å². The van der Waals surface area contributed by atoms with E-state index in [1.807, 2.05) is 18.2 Å². The fourth-order valence-electron chi connectivity index (χ4n) is 1.90. The molecule has 0 aliphatic heterocycles. The molecule has 6 heteroatoms. The third-order valence-electron chi connectivity index (χ3n) is 2.99. The third-order valence-corrected chi connectivity index (χ3v) is 3.36. The Balaban J connectivity index is 1.68. The molecule has 0 aliphatic carbocycles. The number of H-pyrrole nitrogens is 1. The van der Waals surface area contributed by atoms with Gasteiger partial charge in [-0.05, 0) is 23.8 Å². The molecule has 0 spiro atoms. The van der Waals surface area contributed by atoms with Crippen molar-refractivity contribution in [3.8, 4) is 11.5 Å². The van der Waals surface area contributed by atoms with Crippen molar-refractivity contribution >= 4 is 17.5 Å². The number of halogens is 1. The molecule has 1 amide bonds. The van der Waals surface area contributed by atoms with Gasteiger partial charge in [0.25, 0.3) is 5.91 Å². The molecule has 2 heterocycles. The Labute approximate surface area is 125 Å². The van der Waals surface area contributed by atoms with E-state index in [2.05, 4.69) is 15.5 Å². The normalized spacial score (nSPS) is 10.5. The zero-order valence-electron chi connectivity index (χ0n) is 11.0. The molecule has 106 valence electrons. The summed E-state index contributed by atoms with van der Waals surface area (Å²) in [7, 11) is 0. The molecule has 0 bridgehead atoms. The van der Waals surface area contributed by atoms with Gasteiger partial charge in [-0.15, -0.1) is 0 Å². The monoisotopic (exact) mass is 301 g/mol. The predicted octanol–water partition coefficient (Wildman–Crippen LogP) is 3.25. The molecule has 3 rings (SSSR count). The summed E-state index contributed by atoms with van der Waals surface area (Å²) in [5.74, 6) is 0.358. The van der Waals surface area contributed by atoms with Crippen molar-refractivity contribution in [1.29, 1.82) is 0 Å². The first-order valence-electron chi connectivity index (χ1n) is 6.35. The Morgan fingerprint density at radius 3 is 2.90 bits per heavy atom. The molecule has 2 aromatic heterocycles. The minimum atomic E-state index is -0.274. The second kappa shape index (κ2) is 5.85. The molecule has 2 N–H and O–H groups in total. The maximum absolute atomic E-state index is 12.0. The second-order valence-electron chi connectivity index (χ2n) is 4.42. The van der Waals surface area contributed by atoms with Gasteiger partial charge in [0.05, 0.1) is 6.26 Å². The number of aromatic amines is 1. The van der Waals surface area contributed by atoms with Gasteiger partial charge >= 0.3 is 0 Å². The van der Waals surface area contributed by atoms with E-state index >= 15 is 0 Å². The fourth-order valence-corrected chi connectivity index (χ4v) is 2.11. The van der Waals surface area contributed by atoms with Crippen LogP contribution in [-0.4, -0.2) is 16.1 Å². The van der Waals surface area contributed by atoms with Gasteiger partial charge in [-0.1, -0.05) is 29.8 Å². The van der Waals surface area contributed by atoms with Crippen molar-refractivity contribution in [2.24, 2.45) is 0 Å². The minimum absolute atomic E-state index is 0.274. The lowest BCUT2D eigenvalue weighted by Crippen LogP contribution is -2.23. The summed E-state index contributed by atoms with van der Waals surface area (Å²) in [6.07, 6.45) is 1.56. The first-order chi connectivity index (χ1) is 10.2. The zero-order chi connectivity index (χ0) is 14.7. The molecule has 3 aromatic rings. The number of nitrogens with zero attached hydrogens (tertiary/aromatic N) is 1. The summed E-state index contributed by atoms with van der Waals surface area (Å²) in [6, 6.07) is 12.6. The maximum Gasteiger partial charge on any atom is 0.272 e. The van der Waals surface area contributed by atoms with Crippen LogP contribution in [0, 0.1) is 0 Å². The van der Waals surface area contributed by atoms with Crippen LogP contribution >= 0.6 is 11.6 Å². The van der Waals surface area contributed by atoms with Crippen molar-refractivity contribution in [1.82, 2.24) is 15.5 Å². The molecule has 5 nitrogen and oxygen atoms in total. The van der Waals surface area contributed by atoms with Gasteiger partial charge in [0.2, 0.25) is 0 Å². The lowest BCUT2D eigenvalue weighted by Gasteiger charge is -2.04. The van der Waals surface area contributed by atoms with E-state index in [0.29, 0.717) is 28.7 Å². The molecule has 0 atom stereocenters. The van der Waals surface area contributed by atoms with Crippen molar-refractivity contribution in [2.45, 2.75) is 6.54 Å². The number of hydrogen-bond acceptors (Lipinski definition) is 3. The van der Waals surface area contributed by atoms with Crippen LogP contribution in [0.5, 0.6) is 0 Å². The fraction of sp³-hybridized carbons (Fsp3) is 0.0667. The van der Waals surface area contributed by atoms with Crippen LogP contribution in [0.1, 0.15) is 16.1 Å². The Morgan fingerprint density at radius 2 is 2.14 bits per heavy atom. The summed E-state index contributed by atoms with van der Waals surface area (Å²) in [5.41, 5.74) is 1.81. The van der Waals surface area contributed by atoms with Crippen LogP contribution < -0.4 is 5.32 Å². The van der Waals surface area contributed by atoms with E-state index in [9.17, 15) is 4.79 Å². The Kier molecular flexibility index (Phi) is 3.75. The molecule has 0 radical (unpaired) electrons. The number of nitrogens with one attached hydrogen (secondary N) is 2. The van der Waals surface area contributed by atoms with E-state index in [-0.39, 0.29) is 5.91 Å². The third kappa shape index (κ3) is 2.98. The van der Waals surface area contributed by atoms with E-state index in [1.165, 1.54) is 0 Å². The maximum atomic E-state index is 12.0. The van der Waals surface area contributed by atoms with Gasteiger partial charge in [0.15, 0.2) is 11.5 Å². The largest absolute Gasteiger partial charge is 0.463 e. The van der Waals surface area contributed by atoms with Crippen LogP contribution in [-0.2, 0) is 6.54 Å². The van der Waals surface area contributed by atoms with Crippen LogP contribution in [0.3, 0.4) is 0 Å². The first kappa shape index (κ1) is 13.5. The Morgan fingerprint density at radius 1 is 1.29 bits per heavy atom. The standard InChI is InChI=1S/C15H12ClN3O2/c16-11-5-2-1-4-10(11)9-17-15(20)13-8-12(18-19-13)14-6-3-7-21-14/h1-8H,9H2,(H,17,20)(H,18,19). The lowest BCUT2D eigenvalue weighted by atomic mass is 10.2. The summed E-state index contributed by atoms with van der Waals surface area (Å²) in [6.45, 7) is 0.349. The quantitative estimate of drug-likeness (QED) is 0.777. The summed E-state index contributed by atoms with van der Waals surface area (Å²) in [4.78, 5) is 12.0. The number of amides is 1. The zero-order valence-corrected chi connectivity index (χ0v) is 11.7. The smallest absolute Gasteiger partial charge is 0.272 e. The van der Waals surface area contributed by atoms with Gasteiger partial charge in [-0.25, -0.2) is 0 Å². The second-order valence-corrected chi connectivity index (χ2v) is 4.83. The SMILES string of the molecule is O=C(NCc1ccccc1Cl)c1cc(-c2ccco2)[nH]n1. The number of benzene rings is 1. The highest BCUT2D eigenvalue weighted by Crippen LogP contribution is 2.18. The van der Waals surface area contributed by atoms with Crippen LogP contribution in [0.25, 0.3) is 11.5 Å². The molecule has 1 aromatic carbocycles. The summed E-state index contributed by atoms with van der Waals surface area (Å²) < 4.78 is 5.24. The number of carbonyl (C=O) groups excluding carboxylic acids is 1. The predicted molar refractivity (Wildman–Crippen MR) is 78.9 cm³/mol. The summed E-state index contributed by atoms with van der Waals surface area (Å²) >= 11 is 6.04. The lowest BCUT2D eigenvalue weighted by molar-refractivity contribution is 0.0946. The molecule has 21 heavy (non-hydrogen) atoms. The number of rotatable bonds is 4. The van der Waals surface area contributed by atoms with E-state index in [1.54, 1.807) is 30.5 Å². The summed E-state index contributed by atoms with van der Waals surface area (Å²) in [5, 5.41) is 10.1. The topological polar surface area (TPSA) is 70.9 Å². The first-order valence-corrected chi connectivity index (χ1v) is 6.73. The van der Waals surface area contributed by atoms with E-state index < -0.39 is 0 Å². The molecule has 0 aliphatic rings. The highest BCUT2D eigenvalue weighted by Gasteiger charge is 2.12.